The molecular formula is C24H26ClN3O7. The lowest BCUT2D eigenvalue weighted by Crippen LogP contribution is -2.39. The number of carbonyl (C=O) groups is 2. The third-order valence-electron chi connectivity index (χ3n) is 4.90. The van der Waals surface area contributed by atoms with Crippen molar-refractivity contribution in [3.05, 3.63) is 61.8 Å². The van der Waals surface area contributed by atoms with Gasteiger partial charge in [-0.25, -0.2) is 9.36 Å². The molecule has 35 heavy (non-hydrogen) atoms. The Morgan fingerprint density at radius 1 is 1.09 bits per heavy atom. The second-order valence-electron chi connectivity index (χ2n) is 8.66. The molecule has 3 rings (SSSR count). The van der Waals surface area contributed by atoms with Crippen molar-refractivity contribution in [2.75, 3.05) is 19.5 Å². The molecule has 0 radical (unpaired) electrons. The zero-order chi connectivity index (χ0) is 25.9. The number of nitrogens with zero attached hydrogens (tertiary/aromatic N) is 1. The fraction of sp³-hybridized carbons (Fsp3) is 0.333. The highest BCUT2D eigenvalue weighted by molar-refractivity contribution is 6.32. The number of methoxy groups -OCH3 is 2. The number of carbonyl (C=O) groups excluding carboxylic acids is 2. The number of aromatic nitrogens is 2. The van der Waals surface area contributed by atoms with Gasteiger partial charge in [-0.1, -0.05) is 23.7 Å². The van der Waals surface area contributed by atoms with Gasteiger partial charge < -0.3 is 24.5 Å². The van der Waals surface area contributed by atoms with Crippen LogP contribution < -0.4 is 26.0 Å². The molecule has 0 fully saturated rings. The number of anilines is 1. The van der Waals surface area contributed by atoms with E-state index in [1.165, 1.54) is 26.4 Å². The molecular weight excluding hydrogens is 478 g/mol. The summed E-state index contributed by atoms with van der Waals surface area (Å²) in [6, 6.07) is 7.78. The Morgan fingerprint density at radius 2 is 1.77 bits per heavy atom. The maximum atomic E-state index is 13.2. The van der Waals surface area contributed by atoms with Gasteiger partial charge in [0.05, 0.1) is 42.3 Å². The van der Waals surface area contributed by atoms with Gasteiger partial charge in [0.2, 0.25) is 5.91 Å². The van der Waals surface area contributed by atoms with E-state index in [9.17, 15) is 19.2 Å². The van der Waals surface area contributed by atoms with Gasteiger partial charge in [0.15, 0.2) is 0 Å². The standard InChI is InChI=1S/C24H26ClN3O7/c1-24(2,3)35-20(30)12-28-22(31)21-13(7-6-8-15(21)27-23(28)32)9-19(29)26-16-10-14(25)17(33-4)11-18(16)34-5/h6-8,10-11H,9,12H2,1-5H3,(H,26,29)(H,27,32). The number of fused-ring (bicyclic) bond motifs is 1. The molecule has 0 atom stereocenters. The summed E-state index contributed by atoms with van der Waals surface area (Å²) in [6.07, 6.45) is -0.197. The number of rotatable bonds is 7. The van der Waals surface area contributed by atoms with Gasteiger partial charge >= 0.3 is 11.7 Å². The molecule has 1 amide bonds. The second-order valence-corrected chi connectivity index (χ2v) is 9.07. The predicted molar refractivity (Wildman–Crippen MR) is 132 cm³/mol. The molecule has 0 saturated carbocycles. The average Bonchev–Trinajstić information content (AvgIpc) is 2.75. The third kappa shape index (κ3) is 6.02. The van der Waals surface area contributed by atoms with E-state index < -0.39 is 35.3 Å². The highest BCUT2D eigenvalue weighted by Crippen LogP contribution is 2.36. The zero-order valence-corrected chi connectivity index (χ0v) is 20.7. The number of aromatic amines is 1. The molecule has 2 N–H and O–H groups in total. The normalized spacial score (nSPS) is 11.3. The Labute approximate surface area is 205 Å². The number of benzene rings is 2. The van der Waals surface area contributed by atoms with Crippen LogP contribution in [0.25, 0.3) is 10.9 Å². The van der Waals surface area contributed by atoms with Gasteiger partial charge in [-0.15, -0.1) is 0 Å². The van der Waals surface area contributed by atoms with Crippen molar-refractivity contribution in [3.63, 3.8) is 0 Å². The smallest absolute Gasteiger partial charge is 0.329 e. The van der Waals surface area contributed by atoms with Crippen molar-refractivity contribution in [3.8, 4) is 11.5 Å². The molecule has 0 bridgehead atoms. The molecule has 186 valence electrons. The Kier molecular flexibility index (Phi) is 7.54. The van der Waals surface area contributed by atoms with Gasteiger partial charge in [0, 0.05) is 6.07 Å². The largest absolute Gasteiger partial charge is 0.495 e. The van der Waals surface area contributed by atoms with Crippen molar-refractivity contribution in [1.82, 2.24) is 9.55 Å². The van der Waals surface area contributed by atoms with Crippen molar-refractivity contribution >= 4 is 40.1 Å². The van der Waals surface area contributed by atoms with E-state index >= 15 is 0 Å². The fourth-order valence-corrected chi connectivity index (χ4v) is 3.73. The van der Waals surface area contributed by atoms with Crippen molar-refractivity contribution in [1.29, 1.82) is 0 Å². The number of nitrogens with one attached hydrogen (secondary N) is 2. The van der Waals surface area contributed by atoms with Crippen molar-refractivity contribution in [2.45, 2.75) is 39.3 Å². The van der Waals surface area contributed by atoms with Crippen LogP contribution in [0.1, 0.15) is 26.3 Å². The maximum absolute atomic E-state index is 13.2. The van der Waals surface area contributed by atoms with Gasteiger partial charge in [-0.2, -0.15) is 0 Å². The predicted octanol–water partition coefficient (Wildman–Crippen LogP) is 2.88. The first-order valence-corrected chi connectivity index (χ1v) is 11.0. The van der Waals surface area contributed by atoms with Crippen LogP contribution in [0.3, 0.4) is 0 Å². The number of hydrogen-bond donors (Lipinski definition) is 2. The molecule has 3 aromatic rings. The number of esters is 1. The summed E-state index contributed by atoms with van der Waals surface area (Å²) in [4.78, 5) is 53.3. The molecule has 11 heteroatoms. The van der Waals surface area contributed by atoms with Crippen molar-refractivity contribution in [2.24, 2.45) is 0 Å². The number of ether oxygens (including phenoxy) is 3. The third-order valence-corrected chi connectivity index (χ3v) is 5.20. The Bertz CT molecular complexity index is 1400. The second kappa shape index (κ2) is 10.2. The number of halogens is 1. The minimum atomic E-state index is -0.779. The van der Waals surface area contributed by atoms with Gasteiger partial charge in [-0.05, 0) is 38.5 Å². The molecule has 1 heterocycles. The number of amides is 1. The first kappa shape index (κ1) is 25.8. The monoisotopic (exact) mass is 503 g/mol. The maximum Gasteiger partial charge on any atom is 0.329 e. The SMILES string of the molecule is COc1cc(OC)c(NC(=O)Cc2cccc3[nH]c(=O)n(CC(=O)OC(C)(C)C)c(=O)c23)cc1Cl. The highest BCUT2D eigenvalue weighted by Gasteiger charge is 2.20. The van der Waals surface area contributed by atoms with Crippen LogP contribution in [0.15, 0.2) is 39.9 Å². The molecule has 2 aromatic carbocycles. The fourth-order valence-electron chi connectivity index (χ4n) is 3.49. The molecule has 0 unspecified atom stereocenters. The van der Waals surface area contributed by atoms with Gasteiger partial charge in [-0.3, -0.25) is 14.4 Å². The summed E-state index contributed by atoms with van der Waals surface area (Å²) < 4.78 is 16.4. The van der Waals surface area contributed by atoms with E-state index in [1.807, 2.05) is 0 Å². The average molecular weight is 504 g/mol. The van der Waals surface area contributed by atoms with Crippen LogP contribution in [-0.4, -0.2) is 41.2 Å². The summed E-state index contributed by atoms with van der Waals surface area (Å²) in [7, 11) is 2.89. The van der Waals surface area contributed by atoms with Crippen LogP contribution in [0, 0.1) is 0 Å². The van der Waals surface area contributed by atoms with Crippen LogP contribution in [0.2, 0.25) is 5.02 Å². The van der Waals surface area contributed by atoms with Crippen LogP contribution >= 0.6 is 11.6 Å². The minimum absolute atomic E-state index is 0.116. The topological polar surface area (TPSA) is 129 Å². The Morgan fingerprint density at radius 3 is 2.40 bits per heavy atom. The molecule has 0 aliphatic rings. The lowest BCUT2D eigenvalue weighted by molar-refractivity contribution is -0.155. The first-order chi connectivity index (χ1) is 16.4. The van der Waals surface area contributed by atoms with Gasteiger partial charge in [0.1, 0.15) is 23.6 Å². The summed E-state index contributed by atoms with van der Waals surface area (Å²) >= 11 is 6.17. The molecule has 0 saturated heterocycles. The number of hydrogen-bond acceptors (Lipinski definition) is 7. The van der Waals surface area contributed by atoms with Crippen LogP contribution in [-0.2, 0) is 27.3 Å². The van der Waals surface area contributed by atoms with E-state index in [2.05, 4.69) is 10.3 Å². The van der Waals surface area contributed by atoms with E-state index in [-0.39, 0.29) is 22.3 Å². The van der Waals surface area contributed by atoms with Crippen LogP contribution in [0.5, 0.6) is 11.5 Å². The summed E-state index contributed by atoms with van der Waals surface area (Å²) in [6.45, 7) is 4.48. The Balaban J connectivity index is 1.95. The first-order valence-electron chi connectivity index (χ1n) is 10.6. The zero-order valence-electron chi connectivity index (χ0n) is 20.0. The molecule has 1 aromatic heterocycles. The molecule has 0 aliphatic heterocycles. The van der Waals surface area contributed by atoms with Crippen molar-refractivity contribution < 1.29 is 23.8 Å². The van der Waals surface area contributed by atoms with E-state index in [1.54, 1.807) is 39.0 Å². The molecule has 10 nitrogen and oxygen atoms in total. The molecule has 0 spiro atoms. The lowest BCUT2D eigenvalue weighted by atomic mass is 10.1. The minimum Gasteiger partial charge on any atom is -0.495 e. The number of H-pyrrole nitrogens is 1. The Hall–Kier alpha value is -3.79. The quantitative estimate of drug-likeness (QED) is 0.474. The summed E-state index contributed by atoms with van der Waals surface area (Å²) in [5, 5.41) is 3.10. The molecule has 0 aliphatic carbocycles. The summed E-state index contributed by atoms with van der Waals surface area (Å²) in [5.74, 6) is -0.476. The van der Waals surface area contributed by atoms with Crippen LogP contribution in [0.4, 0.5) is 5.69 Å². The summed E-state index contributed by atoms with van der Waals surface area (Å²) in [5.41, 5.74) is -1.32. The van der Waals surface area contributed by atoms with Gasteiger partial charge in [0.25, 0.3) is 5.56 Å². The van der Waals surface area contributed by atoms with E-state index in [4.69, 9.17) is 25.8 Å². The highest BCUT2D eigenvalue weighted by atomic mass is 35.5. The lowest BCUT2D eigenvalue weighted by Gasteiger charge is -2.19. The van der Waals surface area contributed by atoms with E-state index in [0.29, 0.717) is 22.7 Å². The van der Waals surface area contributed by atoms with E-state index in [0.717, 1.165) is 4.57 Å².